The highest BCUT2D eigenvalue weighted by atomic mass is 35.5. The van der Waals surface area contributed by atoms with Gasteiger partial charge < -0.3 is 5.32 Å². The SMILES string of the molecule is CC(Sc1ccc(NS(=O)(=O)c2cccs2)cc1)C(=O)Nc1ccc(Cl)c(Cl)c1. The number of sulfonamides is 1. The minimum absolute atomic E-state index is 0.184. The summed E-state index contributed by atoms with van der Waals surface area (Å²) in [7, 11) is -3.58. The number of rotatable bonds is 7. The molecule has 152 valence electrons. The Balaban J connectivity index is 1.60. The van der Waals surface area contributed by atoms with Crippen LogP contribution in [0.2, 0.25) is 10.0 Å². The first-order chi connectivity index (χ1) is 13.7. The lowest BCUT2D eigenvalue weighted by Crippen LogP contribution is -2.22. The number of carbonyl (C=O) groups is 1. The molecule has 0 spiro atoms. The van der Waals surface area contributed by atoms with Gasteiger partial charge in [0.15, 0.2) is 0 Å². The van der Waals surface area contributed by atoms with Crippen LogP contribution in [0.3, 0.4) is 0 Å². The van der Waals surface area contributed by atoms with E-state index in [0.29, 0.717) is 21.4 Å². The molecule has 1 atom stereocenters. The Kier molecular flexibility index (Phi) is 7.13. The van der Waals surface area contributed by atoms with Gasteiger partial charge in [0.25, 0.3) is 10.0 Å². The molecular formula is C19H16Cl2N2O3S3. The van der Waals surface area contributed by atoms with E-state index in [1.54, 1.807) is 66.9 Å². The second kappa shape index (κ2) is 9.40. The fraction of sp³-hybridized carbons (Fsp3) is 0.105. The summed E-state index contributed by atoms with van der Waals surface area (Å²) in [6, 6.07) is 15.0. The van der Waals surface area contributed by atoms with E-state index in [2.05, 4.69) is 10.0 Å². The van der Waals surface area contributed by atoms with Crippen molar-refractivity contribution in [3.05, 3.63) is 70.0 Å². The first-order valence-corrected chi connectivity index (χ1v) is 12.3. The maximum Gasteiger partial charge on any atom is 0.271 e. The molecular weight excluding hydrogens is 471 g/mol. The second-order valence-corrected chi connectivity index (χ2v) is 11.0. The molecule has 10 heteroatoms. The molecule has 0 aliphatic heterocycles. The van der Waals surface area contributed by atoms with Crippen molar-refractivity contribution < 1.29 is 13.2 Å². The molecule has 0 saturated carbocycles. The van der Waals surface area contributed by atoms with Gasteiger partial charge in [0.2, 0.25) is 5.91 Å². The van der Waals surface area contributed by atoms with Gasteiger partial charge in [-0.3, -0.25) is 9.52 Å². The van der Waals surface area contributed by atoms with E-state index in [4.69, 9.17) is 23.2 Å². The molecule has 0 aliphatic rings. The molecule has 0 bridgehead atoms. The fourth-order valence-corrected chi connectivity index (χ4v) is 5.52. The van der Waals surface area contributed by atoms with Crippen LogP contribution in [-0.2, 0) is 14.8 Å². The van der Waals surface area contributed by atoms with Crippen LogP contribution in [0.15, 0.2) is 69.1 Å². The van der Waals surface area contributed by atoms with Gasteiger partial charge in [-0.2, -0.15) is 0 Å². The van der Waals surface area contributed by atoms with E-state index in [9.17, 15) is 13.2 Å². The first kappa shape index (κ1) is 22.0. The molecule has 2 aromatic carbocycles. The van der Waals surface area contributed by atoms with Crippen LogP contribution in [-0.4, -0.2) is 19.6 Å². The number of hydrogen-bond donors (Lipinski definition) is 2. The summed E-state index contributed by atoms with van der Waals surface area (Å²) in [5.41, 5.74) is 1.02. The van der Waals surface area contributed by atoms with Crippen molar-refractivity contribution in [2.24, 2.45) is 0 Å². The van der Waals surface area contributed by atoms with E-state index in [-0.39, 0.29) is 15.4 Å². The summed E-state index contributed by atoms with van der Waals surface area (Å²) >= 11 is 14.3. The van der Waals surface area contributed by atoms with E-state index in [0.717, 1.165) is 16.2 Å². The predicted molar refractivity (Wildman–Crippen MR) is 122 cm³/mol. The Morgan fingerprint density at radius 3 is 2.34 bits per heavy atom. The van der Waals surface area contributed by atoms with Gasteiger partial charge in [-0.15, -0.1) is 23.1 Å². The average Bonchev–Trinajstić information content (AvgIpc) is 3.22. The molecule has 1 aromatic heterocycles. The molecule has 1 amide bonds. The summed E-state index contributed by atoms with van der Waals surface area (Å²) in [5, 5.41) is 4.91. The lowest BCUT2D eigenvalue weighted by Gasteiger charge is -2.13. The minimum Gasteiger partial charge on any atom is -0.325 e. The molecule has 1 heterocycles. The summed E-state index contributed by atoms with van der Waals surface area (Å²) in [6.07, 6.45) is 0. The summed E-state index contributed by atoms with van der Waals surface area (Å²) < 4.78 is 27.3. The third-order valence-corrected chi connectivity index (χ3v) is 8.37. The van der Waals surface area contributed by atoms with Crippen LogP contribution < -0.4 is 10.0 Å². The van der Waals surface area contributed by atoms with Crippen molar-refractivity contribution in [3.63, 3.8) is 0 Å². The number of hydrogen-bond acceptors (Lipinski definition) is 5. The summed E-state index contributed by atoms with van der Waals surface area (Å²) in [6.45, 7) is 1.78. The highest BCUT2D eigenvalue weighted by Gasteiger charge is 2.17. The molecule has 2 N–H and O–H groups in total. The van der Waals surface area contributed by atoms with Crippen molar-refractivity contribution in [2.45, 2.75) is 21.3 Å². The fourth-order valence-electron chi connectivity index (χ4n) is 2.30. The van der Waals surface area contributed by atoms with E-state index in [1.807, 2.05) is 0 Å². The van der Waals surface area contributed by atoms with Gasteiger partial charge in [-0.05, 0) is 60.8 Å². The smallest absolute Gasteiger partial charge is 0.271 e. The Morgan fingerprint density at radius 2 is 1.72 bits per heavy atom. The third kappa shape index (κ3) is 5.90. The van der Waals surface area contributed by atoms with Gasteiger partial charge in [0.05, 0.1) is 15.3 Å². The molecule has 0 saturated heterocycles. The molecule has 0 radical (unpaired) electrons. The lowest BCUT2D eigenvalue weighted by atomic mass is 10.3. The Labute approximate surface area is 187 Å². The molecule has 29 heavy (non-hydrogen) atoms. The zero-order valence-electron chi connectivity index (χ0n) is 15.1. The monoisotopic (exact) mass is 486 g/mol. The standard InChI is InChI=1S/C19H16Cl2N2O3S3/c1-12(19(24)22-14-6-9-16(20)17(21)11-14)28-15-7-4-13(5-8-15)23-29(25,26)18-3-2-10-27-18/h2-12,23H,1H3,(H,22,24). The molecule has 0 aliphatic carbocycles. The van der Waals surface area contributed by atoms with Gasteiger partial charge in [0, 0.05) is 16.3 Å². The number of benzene rings is 2. The average molecular weight is 487 g/mol. The third-order valence-electron chi connectivity index (χ3n) is 3.74. The maximum absolute atomic E-state index is 12.4. The van der Waals surface area contributed by atoms with Crippen LogP contribution in [0.5, 0.6) is 0 Å². The van der Waals surface area contributed by atoms with E-state index >= 15 is 0 Å². The number of carbonyl (C=O) groups excluding carboxylic acids is 1. The van der Waals surface area contributed by atoms with Crippen LogP contribution >= 0.6 is 46.3 Å². The van der Waals surface area contributed by atoms with Crippen molar-refractivity contribution in [3.8, 4) is 0 Å². The minimum atomic E-state index is -3.58. The van der Waals surface area contributed by atoms with Crippen LogP contribution in [0, 0.1) is 0 Å². The molecule has 3 aromatic rings. The topological polar surface area (TPSA) is 75.3 Å². The van der Waals surface area contributed by atoms with Crippen LogP contribution in [0.25, 0.3) is 0 Å². The number of nitrogens with one attached hydrogen (secondary N) is 2. The van der Waals surface area contributed by atoms with Gasteiger partial charge in [-0.1, -0.05) is 29.3 Å². The van der Waals surface area contributed by atoms with Crippen LogP contribution in [0.4, 0.5) is 11.4 Å². The Bertz CT molecular complexity index is 1100. The van der Waals surface area contributed by atoms with Crippen LogP contribution in [0.1, 0.15) is 6.92 Å². The maximum atomic E-state index is 12.4. The highest BCUT2D eigenvalue weighted by Crippen LogP contribution is 2.28. The number of amides is 1. The molecule has 3 rings (SSSR count). The largest absolute Gasteiger partial charge is 0.325 e. The zero-order valence-corrected chi connectivity index (χ0v) is 19.0. The van der Waals surface area contributed by atoms with Crippen molar-refractivity contribution in [1.29, 1.82) is 0 Å². The second-order valence-electron chi connectivity index (χ2n) is 5.94. The van der Waals surface area contributed by atoms with Gasteiger partial charge >= 0.3 is 0 Å². The highest BCUT2D eigenvalue weighted by molar-refractivity contribution is 8.00. The molecule has 0 fully saturated rings. The number of anilines is 2. The lowest BCUT2D eigenvalue weighted by molar-refractivity contribution is -0.115. The molecule has 5 nitrogen and oxygen atoms in total. The van der Waals surface area contributed by atoms with E-state index < -0.39 is 10.0 Å². The van der Waals surface area contributed by atoms with E-state index in [1.165, 1.54) is 11.8 Å². The van der Waals surface area contributed by atoms with Crippen molar-refractivity contribution in [1.82, 2.24) is 0 Å². The Hall–Kier alpha value is -1.71. The zero-order chi connectivity index (χ0) is 21.0. The number of thiophene rings is 1. The van der Waals surface area contributed by atoms with Crippen molar-refractivity contribution >= 4 is 73.6 Å². The first-order valence-electron chi connectivity index (χ1n) is 8.33. The predicted octanol–water partition coefficient (Wildman–Crippen LogP) is 5.98. The Morgan fingerprint density at radius 1 is 1.03 bits per heavy atom. The van der Waals surface area contributed by atoms with Gasteiger partial charge in [0.1, 0.15) is 4.21 Å². The normalized spacial score (nSPS) is 12.4. The molecule has 1 unspecified atom stereocenters. The number of halogens is 2. The number of thioether (sulfide) groups is 1. The van der Waals surface area contributed by atoms with Crippen molar-refractivity contribution in [2.75, 3.05) is 10.0 Å². The summed E-state index contributed by atoms with van der Waals surface area (Å²) in [5.74, 6) is -0.184. The summed E-state index contributed by atoms with van der Waals surface area (Å²) in [4.78, 5) is 13.2. The quantitative estimate of drug-likeness (QED) is 0.403. The van der Waals surface area contributed by atoms with Gasteiger partial charge in [-0.25, -0.2) is 8.42 Å².